The van der Waals surface area contributed by atoms with E-state index in [4.69, 9.17) is 4.74 Å². The molecule has 4 heteroatoms. The Kier molecular flexibility index (Phi) is 2.49. The third-order valence-corrected chi connectivity index (χ3v) is 3.50. The van der Waals surface area contributed by atoms with Crippen LogP contribution in [0.2, 0.25) is 0 Å². The second-order valence-electron chi connectivity index (χ2n) is 4.94. The van der Waals surface area contributed by atoms with Crippen molar-refractivity contribution in [3.05, 3.63) is 58.8 Å². The fourth-order valence-corrected chi connectivity index (χ4v) is 2.18. The maximum Gasteiger partial charge on any atom is 0.207 e. The molecule has 19 heavy (non-hydrogen) atoms. The van der Waals surface area contributed by atoms with Gasteiger partial charge in [0.1, 0.15) is 5.82 Å². The molecule has 1 saturated carbocycles. The molecule has 0 radical (unpaired) electrons. The predicted molar refractivity (Wildman–Crippen MR) is 66.8 cm³/mol. The van der Waals surface area contributed by atoms with Crippen LogP contribution in [0.15, 0.2) is 47.4 Å². The first kappa shape index (κ1) is 12.0. The van der Waals surface area contributed by atoms with Gasteiger partial charge in [0.05, 0.1) is 0 Å². The molecule has 0 amide bonds. The van der Waals surface area contributed by atoms with Gasteiger partial charge in [-0.25, -0.2) is 4.39 Å². The van der Waals surface area contributed by atoms with Crippen molar-refractivity contribution in [2.45, 2.75) is 25.4 Å². The fourth-order valence-electron chi connectivity index (χ4n) is 2.18. The summed E-state index contributed by atoms with van der Waals surface area (Å²) < 4.78 is 19.4. The van der Waals surface area contributed by atoms with Crippen molar-refractivity contribution in [3.63, 3.8) is 0 Å². The molecule has 0 spiro atoms. The molecule has 2 aliphatic rings. The van der Waals surface area contributed by atoms with Crippen LogP contribution in [0.25, 0.3) is 0 Å². The molecule has 3 rings (SSSR count). The number of rotatable bonds is 2. The van der Waals surface area contributed by atoms with E-state index in [9.17, 15) is 14.3 Å². The lowest BCUT2D eigenvalue weighted by atomic mass is 9.92. The molecule has 0 bridgehead atoms. The molecule has 1 atom stereocenters. The minimum atomic E-state index is -1.40. The molecule has 98 valence electrons. The fraction of sp³-hybridized carbons (Fsp3) is 0.267. The Morgan fingerprint density at radius 1 is 1.37 bits per heavy atom. The number of ketones is 1. The standard InChI is InChI=1S/C15H13FO3/c1-15(10-4-2-3-5-11(10)16)13(17)8-12(19-15)14(18)9-6-7-9/h2-5,8,18H,6-7H2,1H3. The van der Waals surface area contributed by atoms with Gasteiger partial charge in [-0.05, 0) is 31.4 Å². The zero-order valence-electron chi connectivity index (χ0n) is 10.4. The summed E-state index contributed by atoms with van der Waals surface area (Å²) in [6.45, 7) is 1.52. The molecule has 1 fully saturated rings. The first-order chi connectivity index (χ1) is 9.02. The number of hydrogen-bond donors (Lipinski definition) is 1. The number of aliphatic hydroxyl groups excluding tert-OH is 1. The van der Waals surface area contributed by atoms with Gasteiger partial charge >= 0.3 is 0 Å². The van der Waals surface area contributed by atoms with Gasteiger partial charge in [0.15, 0.2) is 17.1 Å². The van der Waals surface area contributed by atoms with E-state index in [-0.39, 0.29) is 22.9 Å². The van der Waals surface area contributed by atoms with Crippen molar-refractivity contribution in [3.8, 4) is 0 Å². The first-order valence-electron chi connectivity index (χ1n) is 6.14. The summed E-state index contributed by atoms with van der Waals surface area (Å²) in [5.41, 5.74) is -0.346. The van der Waals surface area contributed by atoms with Gasteiger partial charge in [-0.2, -0.15) is 0 Å². The molecule has 0 saturated heterocycles. The van der Waals surface area contributed by atoms with Crippen LogP contribution in [-0.4, -0.2) is 10.9 Å². The first-order valence-corrected chi connectivity index (χ1v) is 6.14. The minimum absolute atomic E-state index is 0.0217. The Hall–Kier alpha value is -2.10. The highest BCUT2D eigenvalue weighted by Gasteiger charge is 2.45. The molecule has 0 aromatic heterocycles. The number of ether oxygens (including phenoxy) is 1. The topological polar surface area (TPSA) is 46.5 Å². The Bertz CT molecular complexity index is 624. The van der Waals surface area contributed by atoms with E-state index in [0.29, 0.717) is 0 Å². The Morgan fingerprint density at radius 2 is 2.05 bits per heavy atom. The second kappa shape index (κ2) is 3.95. The van der Waals surface area contributed by atoms with Crippen LogP contribution >= 0.6 is 0 Å². The Morgan fingerprint density at radius 3 is 2.68 bits per heavy atom. The Balaban J connectivity index is 1.98. The highest BCUT2D eigenvalue weighted by atomic mass is 19.1. The molecule has 1 N–H and O–H groups in total. The molecular weight excluding hydrogens is 247 g/mol. The van der Waals surface area contributed by atoms with Gasteiger partial charge in [-0.3, -0.25) is 4.79 Å². The summed E-state index contributed by atoms with van der Waals surface area (Å²) in [5, 5.41) is 9.90. The van der Waals surface area contributed by atoms with E-state index in [0.717, 1.165) is 18.4 Å². The van der Waals surface area contributed by atoms with Crippen LogP contribution in [-0.2, 0) is 15.1 Å². The van der Waals surface area contributed by atoms with E-state index in [1.54, 1.807) is 12.1 Å². The lowest BCUT2D eigenvalue weighted by Crippen LogP contribution is -2.30. The van der Waals surface area contributed by atoms with Crippen molar-refractivity contribution < 1.29 is 19.0 Å². The summed E-state index contributed by atoms with van der Waals surface area (Å²) in [6.07, 6.45) is 2.88. The van der Waals surface area contributed by atoms with Crippen molar-refractivity contribution in [1.29, 1.82) is 0 Å². The van der Waals surface area contributed by atoms with Gasteiger partial charge < -0.3 is 9.84 Å². The third-order valence-electron chi connectivity index (χ3n) is 3.50. The largest absolute Gasteiger partial charge is 0.504 e. The van der Waals surface area contributed by atoms with Crippen LogP contribution in [0, 0.1) is 5.82 Å². The highest BCUT2D eigenvalue weighted by Crippen LogP contribution is 2.41. The van der Waals surface area contributed by atoms with Crippen LogP contribution in [0.5, 0.6) is 0 Å². The molecule has 1 heterocycles. The van der Waals surface area contributed by atoms with Crippen LogP contribution in [0.1, 0.15) is 25.3 Å². The van der Waals surface area contributed by atoms with Crippen LogP contribution < -0.4 is 0 Å². The van der Waals surface area contributed by atoms with Gasteiger partial charge in [0.25, 0.3) is 0 Å². The predicted octanol–water partition coefficient (Wildman–Crippen LogP) is 3.13. The maximum absolute atomic E-state index is 13.8. The SMILES string of the molecule is CC1(c2ccccc2F)OC(C(O)=C2CC2)=CC1=O. The van der Waals surface area contributed by atoms with E-state index in [1.807, 2.05) is 0 Å². The minimum Gasteiger partial charge on any atom is -0.504 e. The summed E-state index contributed by atoms with van der Waals surface area (Å²) in [4.78, 5) is 12.1. The third kappa shape index (κ3) is 1.84. The van der Waals surface area contributed by atoms with Crippen LogP contribution in [0.3, 0.4) is 0 Å². The van der Waals surface area contributed by atoms with Gasteiger partial charge in [-0.15, -0.1) is 0 Å². The van der Waals surface area contributed by atoms with Crippen molar-refractivity contribution in [2.24, 2.45) is 0 Å². The van der Waals surface area contributed by atoms with E-state index >= 15 is 0 Å². The number of carbonyl (C=O) groups excluding carboxylic acids is 1. The van der Waals surface area contributed by atoms with Crippen molar-refractivity contribution in [2.75, 3.05) is 0 Å². The number of carbonyl (C=O) groups is 1. The lowest BCUT2D eigenvalue weighted by Gasteiger charge is -2.24. The van der Waals surface area contributed by atoms with Crippen molar-refractivity contribution >= 4 is 5.78 Å². The summed E-state index contributed by atoms with van der Waals surface area (Å²) in [7, 11) is 0. The number of halogens is 1. The number of benzene rings is 1. The van der Waals surface area contributed by atoms with E-state index in [1.165, 1.54) is 25.1 Å². The normalized spacial score (nSPS) is 25.1. The molecule has 1 aliphatic carbocycles. The zero-order valence-corrected chi connectivity index (χ0v) is 10.4. The maximum atomic E-state index is 13.8. The lowest BCUT2D eigenvalue weighted by molar-refractivity contribution is -0.129. The monoisotopic (exact) mass is 260 g/mol. The molecule has 1 aromatic rings. The summed E-state index contributed by atoms with van der Waals surface area (Å²) in [6, 6.07) is 6.01. The molecular formula is C15H13FO3. The number of hydrogen-bond acceptors (Lipinski definition) is 3. The molecule has 1 aromatic carbocycles. The van der Waals surface area contributed by atoms with Gasteiger partial charge in [0.2, 0.25) is 5.78 Å². The van der Waals surface area contributed by atoms with Gasteiger partial charge in [0, 0.05) is 11.6 Å². The quantitative estimate of drug-likeness (QED) is 0.831. The second-order valence-corrected chi connectivity index (χ2v) is 4.94. The number of allylic oxidation sites excluding steroid dienone is 1. The van der Waals surface area contributed by atoms with Crippen LogP contribution in [0.4, 0.5) is 4.39 Å². The zero-order chi connectivity index (χ0) is 13.6. The smallest absolute Gasteiger partial charge is 0.207 e. The highest BCUT2D eigenvalue weighted by molar-refractivity contribution is 6.00. The average Bonchev–Trinajstić information content (AvgIpc) is 3.17. The average molecular weight is 260 g/mol. The van der Waals surface area contributed by atoms with Crippen molar-refractivity contribution in [1.82, 2.24) is 0 Å². The Labute approximate surface area is 110 Å². The summed E-state index contributed by atoms with van der Waals surface area (Å²) >= 11 is 0. The van der Waals surface area contributed by atoms with E-state index < -0.39 is 11.4 Å². The molecule has 1 aliphatic heterocycles. The van der Waals surface area contributed by atoms with E-state index in [2.05, 4.69) is 0 Å². The molecule has 1 unspecified atom stereocenters. The summed E-state index contributed by atoms with van der Waals surface area (Å²) in [5.74, 6) is -0.691. The van der Waals surface area contributed by atoms with Gasteiger partial charge in [-0.1, -0.05) is 18.2 Å². The number of aliphatic hydroxyl groups is 1. The molecule has 3 nitrogen and oxygen atoms in total.